The summed E-state index contributed by atoms with van der Waals surface area (Å²) in [5.41, 5.74) is 10.6. The maximum atomic E-state index is 12.1. The van der Waals surface area contributed by atoms with Crippen LogP contribution in [0, 0.1) is 20.8 Å². The molecule has 1 heterocycles. The van der Waals surface area contributed by atoms with Gasteiger partial charge in [-0.2, -0.15) is 0 Å². The number of hydrogen-bond acceptors (Lipinski definition) is 3. The minimum Gasteiger partial charge on any atom is -0.356 e. The number of carbonyl (C=O) groups is 1. The van der Waals surface area contributed by atoms with Crippen molar-refractivity contribution in [2.45, 2.75) is 39.8 Å². The van der Waals surface area contributed by atoms with Gasteiger partial charge in [-0.25, -0.2) is 0 Å². The van der Waals surface area contributed by atoms with Crippen LogP contribution in [0.15, 0.2) is 12.1 Å². The molecule has 19 heavy (non-hydrogen) atoms. The van der Waals surface area contributed by atoms with E-state index in [1.165, 1.54) is 16.7 Å². The van der Waals surface area contributed by atoms with Gasteiger partial charge in [0.2, 0.25) is 5.91 Å². The second-order valence-electron chi connectivity index (χ2n) is 5.56. The summed E-state index contributed by atoms with van der Waals surface area (Å²) in [6.45, 7) is 9.45. The van der Waals surface area contributed by atoms with Gasteiger partial charge in [-0.3, -0.25) is 4.79 Å². The van der Waals surface area contributed by atoms with E-state index in [-0.39, 0.29) is 18.0 Å². The normalized spacial score (nSPS) is 23.4. The number of benzene rings is 1. The van der Waals surface area contributed by atoms with E-state index in [1.807, 2.05) is 6.92 Å². The molecule has 4 nitrogen and oxygen atoms in total. The first kappa shape index (κ1) is 13.9. The topological polar surface area (TPSA) is 58.4 Å². The molecule has 1 aromatic carbocycles. The number of hydrogen-bond donors (Lipinski definition) is 2. The Kier molecular flexibility index (Phi) is 3.80. The lowest BCUT2D eigenvalue weighted by molar-refractivity contribution is -0.123. The third-order valence-electron chi connectivity index (χ3n) is 3.68. The second-order valence-corrected chi connectivity index (χ2v) is 5.56. The van der Waals surface area contributed by atoms with Crippen molar-refractivity contribution >= 4 is 11.6 Å². The first-order chi connectivity index (χ1) is 8.93. The quantitative estimate of drug-likeness (QED) is 0.843. The van der Waals surface area contributed by atoms with Crippen molar-refractivity contribution in [3.63, 3.8) is 0 Å². The Balaban J connectivity index is 2.46. The van der Waals surface area contributed by atoms with Crippen molar-refractivity contribution in [1.82, 2.24) is 5.32 Å². The minimum absolute atomic E-state index is 0.0284. The van der Waals surface area contributed by atoms with E-state index in [9.17, 15) is 4.79 Å². The summed E-state index contributed by atoms with van der Waals surface area (Å²) >= 11 is 0. The van der Waals surface area contributed by atoms with Crippen molar-refractivity contribution in [2.24, 2.45) is 5.73 Å². The SMILES string of the molecule is Cc1cc(C)c(N2CC(C)NC(=O)C2CN)c(C)c1. The number of aryl methyl sites for hydroxylation is 3. The van der Waals surface area contributed by atoms with Gasteiger partial charge in [0.1, 0.15) is 6.04 Å². The number of nitrogens with two attached hydrogens (primary N) is 1. The smallest absolute Gasteiger partial charge is 0.244 e. The third-order valence-corrected chi connectivity index (χ3v) is 3.68. The molecule has 4 heteroatoms. The molecule has 1 aliphatic rings. The molecule has 104 valence electrons. The molecule has 0 radical (unpaired) electrons. The van der Waals surface area contributed by atoms with Crippen LogP contribution in [0.4, 0.5) is 5.69 Å². The first-order valence-electron chi connectivity index (χ1n) is 6.79. The second kappa shape index (κ2) is 5.21. The van der Waals surface area contributed by atoms with Crippen molar-refractivity contribution < 1.29 is 4.79 Å². The molecule has 1 aliphatic heterocycles. The van der Waals surface area contributed by atoms with Crippen LogP contribution in [0.3, 0.4) is 0 Å². The highest BCUT2D eigenvalue weighted by Crippen LogP contribution is 2.29. The Morgan fingerprint density at radius 2 is 1.89 bits per heavy atom. The van der Waals surface area contributed by atoms with Crippen LogP contribution in [-0.4, -0.2) is 31.1 Å². The molecule has 0 spiro atoms. The third kappa shape index (κ3) is 2.59. The Labute approximate surface area is 115 Å². The Morgan fingerprint density at radius 1 is 1.32 bits per heavy atom. The van der Waals surface area contributed by atoms with Gasteiger partial charge in [-0.1, -0.05) is 17.7 Å². The maximum Gasteiger partial charge on any atom is 0.244 e. The molecule has 2 rings (SSSR count). The molecule has 2 atom stereocenters. The van der Waals surface area contributed by atoms with Crippen LogP contribution < -0.4 is 16.0 Å². The summed E-state index contributed by atoms with van der Waals surface area (Å²) < 4.78 is 0. The lowest BCUT2D eigenvalue weighted by atomic mass is 10.00. The monoisotopic (exact) mass is 261 g/mol. The van der Waals surface area contributed by atoms with E-state index in [1.54, 1.807) is 0 Å². The standard InChI is InChI=1S/C15H23N3O/c1-9-5-10(2)14(11(3)6-9)18-8-12(4)17-15(19)13(18)7-16/h5-6,12-13H,7-8,16H2,1-4H3,(H,17,19). The number of piperazine rings is 1. The van der Waals surface area contributed by atoms with E-state index in [0.717, 1.165) is 12.2 Å². The summed E-state index contributed by atoms with van der Waals surface area (Å²) in [7, 11) is 0. The summed E-state index contributed by atoms with van der Waals surface area (Å²) in [5, 5.41) is 2.97. The molecule has 1 saturated heterocycles. The highest BCUT2D eigenvalue weighted by molar-refractivity contribution is 5.88. The van der Waals surface area contributed by atoms with Gasteiger partial charge >= 0.3 is 0 Å². The van der Waals surface area contributed by atoms with Crippen molar-refractivity contribution in [3.05, 3.63) is 28.8 Å². The summed E-state index contributed by atoms with van der Waals surface area (Å²) in [4.78, 5) is 14.2. The molecule has 3 N–H and O–H groups in total. The summed E-state index contributed by atoms with van der Waals surface area (Å²) in [5.74, 6) is 0.0284. The molecule has 0 bridgehead atoms. The van der Waals surface area contributed by atoms with E-state index in [0.29, 0.717) is 6.54 Å². The number of rotatable bonds is 2. The van der Waals surface area contributed by atoms with Crippen molar-refractivity contribution in [2.75, 3.05) is 18.0 Å². The van der Waals surface area contributed by atoms with Crippen LogP contribution >= 0.6 is 0 Å². The fourth-order valence-electron chi connectivity index (χ4n) is 3.06. The molecule has 1 fully saturated rings. The minimum atomic E-state index is -0.267. The number of amides is 1. The van der Waals surface area contributed by atoms with E-state index in [2.05, 4.69) is 43.1 Å². The molecule has 1 aromatic rings. The Bertz CT molecular complexity index is 475. The van der Waals surface area contributed by atoms with Crippen molar-refractivity contribution in [3.8, 4) is 0 Å². The van der Waals surface area contributed by atoms with E-state index >= 15 is 0 Å². The van der Waals surface area contributed by atoms with Gasteiger partial charge in [0, 0.05) is 24.8 Å². The van der Waals surface area contributed by atoms with Crippen LogP contribution in [0.25, 0.3) is 0 Å². The lowest BCUT2D eigenvalue weighted by Crippen LogP contribution is -2.62. The van der Waals surface area contributed by atoms with Crippen LogP contribution in [0.1, 0.15) is 23.6 Å². The average molecular weight is 261 g/mol. The highest BCUT2D eigenvalue weighted by Gasteiger charge is 2.33. The summed E-state index contributed by atoms with van der Waals surface area (Å²) in [6, 6.07) is 4.20. The lowest BCUT2D eigenvalue weighted by Gasteiger charge is -2.41. The zero-order valence-corrected chi connectivity index (χ0v) is 12.2. The first-order valence-corrected chi connectivity index (χ1v) is 6.79. The van der Waals surface area contributed by atoms with Gasteiger partial charge in [0.15, 0.2) is 0 Å². The maximum absolute atomic E-state index is 12.1. The fourth-order valence-corrected chi connectivity index (χ4v) is 3.06. The molecule has 1 amide bonds. The van der Waals surface area contributed by atoms with Gasteiger partial charge in [-0.15, -0.1) is 0 Å². The molecular weight excluding hydrogens is 238 g/mol. The highest BCUT2D eigenvalue weighted by atomic mass is 16.2. The summed E-state index contributed by atoms with van der Waals surface area (Å²) in [6.07, 6.45) is 0. The van der Waals surface area contributed by atoms with E-state index in [4.69, 9.17) is 5.73 Å². The zero-order chi connectivity index (χ0) is 14.2. The number of carbonyl (C=O) groups excluding carboxylic acids is 1. The predicted molar refractivity (Wildman–Crippen MR) is 78.4 cm³/mol. The molecular formula is C15H23N3O. The van der Waals surface area contributed by atoms with Crippen LogP contribution in [-0.2, 0) is 4.79 Å². The number of anilines is 1. The molecule has 2 unspecified atom stereocenters. The van der Waals surface area contributed by atoms with Crippen molar-refractivity contribution in [1.29, 1.82) is 0 Å². The molecule has 0 saturated carbocycles. The Morgan fingerprint density at radius 3 is 2.42 bits per heavy atom. The average Bonchev–Trinajstić information content (AvgIpc) is 2.26. The van der Waals surface area contributed by atoms with Crippen LogP contribution in [0.2, 0.25) is 0 Å². The fraction of sp³-hybridized carbons (Fsp3) is 0.533. The van der Waals surface area contributed by atoms with Gasteiger partial charge < -0.3 is 16.0 Å². The van der Waals surface area contributed by atoms with Crippen LogP contribution in [0.5, 0.6) is 0 Å². The largest absolute Gasteiger partial charge is 0.356 e. The van der Waals surface area contributed by atoms with Gasteiger partial charge in [0.05, 0.1) is 0 Å². The zero-order valence-electron chi connectivity index (χ0n) is 12.2. The Hall–Kier alpha value is -1.55. The van der Waals surface area contributed by atoms with E-state index < -0.39 is 0 Å². The van der Waals surface area contributed by atoms with Gasteiger partial charge in [-0.05, 0) is 38.8 Å². The molecule has 0 aromatic heterocycles. The van der Waals surface area contributed by atoms with Gasteiger partial charge in [0.25, 0.3) is 0 Å². The number of nitrogens with one attached hydrogen (secondary N) is 1. The molecule has 0 aliphatic carbocycles. The predicted octanol–water partition coefficient (Wildman–Crippen LogP) is 1.26. The number of nitrogens with zero attached hydrogens (tertiary/aromatic N) is 1.